The first-order chi connectivity index (χ1) is 6.35. The normalized spacial score (nSPS) is 13.2. The van der Waals surface area contributed by atoms with Crippen molar-refractivity contribution in [1.82, 2.24) is 5.32 Å². The van der Waals surface area contributed by atoms with Crippen LogP contribution in [-0.2, 0) is 4.74 Å². The molecule has 0 spiro atoms. The van der Waals surface area contributed by atoms with E-state index in [2.05, 4.69) is 26.1 Å². The van der Waals surface area contributed by atoms with Gasteiger partial charge in [0.05, 0.1) is 0 Å². The van der Waals surface area contributed by atoms with Crippen LogP contribution in [0.3, 0.4) is 0 Å². The highest BCUT2D eigenvalue weighted by molar-refractivity contribution is 4.59. The monoisotopic (exact) mass is 187 g/mol. The third-order valence-electron chi connectivity index (χ3n) is 2.28. The van der Waals surface area contributed by atoms with E-state index in [9.17, 15) is 0 Å². The molecule has 0 radical (unpaired) electrons. The van der Waals surface area contributed by atoms with Gasteiger partial charge in [0.2, 0.25) is 0 Å². The Balaban J connectivity index is 3.25. The molecule has 0 bridgehead atoms. The van der Waals surface area contributed by atoms with Gasteiger partial charge in [-0.1, -0.05) is 27.2 Å². The highest BCUT2D eigenvalue weighted by Gasteiger charge is 2.04. The molecule has 0 rings (SSSR count). The maximum Gasteiger partial charge on any atom is 0.0469 e. The number of rotatable bonds is 9. The summed E-state index contributed by atoms with van der Waals surface area (Å²) in [5.41, 5.74) is 0. The predicted molar refractivity (Wildman–Crippen MR) is 58.1 cm³/mol. The van der Waals surface area contributed by atoms with E-state index >= 15 is 0 Å². The molecule has 0 aliphatic carbocycles. The lowest BCUT2D eigenvalue weighted by Gasteiger charge is -2.14. The molecule has 0 saturated heterocycles. The average molecular weight is 187 g/mol. The van der Waals surface area contributed by atoms with Crippen LogP contribution in [0.15, 0.2) is 0 Å². The Kier molecular flexibility index (Phi) is 9.94. The molecule has 0 fully saturated rings. The van der Waals surface area contributed by atoms with Crippen molar-refractivity contribution in [2.75, 3.05) is 26.3 Å². The molecule has 13 heavy (non-hydrogen) atoms. The zero-order valence-electron chi connectivity index (χ0n) is 9.44. The summed E-state index contributed by atoms with van der Waals surface area (Å²) in [5, 5.41) is 3.38. The summed E-state index contributed by atoms with van der Waals surface area (Å²) in [6, 6.07) is 0. The minimum Gasteiger partial charge on any atom is -0.381 e. The van der Waals surface area contributed by atoms with E-state index in [-0.39, 0.29) is 0 Å². The Bertz CT molecular complexity index is 96.1. The summed E-state index contributed by atoms with van der Waals surface area (Å²) in [7, 11) is 0. The lowest BCUT2D eigenvalue weighted by Crippen LogP contribution is -2.23. The molecule has 0 aromatic rings. The Morgan fingerprint density at radius 3 is 2.46 bits per heavy atom. The Morgan fingerprint density at radius 1 is 1.15 bits per heavy atom. The first-order valence-corrected chi connectivity index (χ1v) is 5.63. The molecule has 80 valence electrons. The Labute approximate surface area is 83.1 Å². The summed E-state index contributed by atoms with van der Waals surface area (Å²) in [5.74, 6) is 0.789. The first-order valence-electron chi connectivity index (χ1n) is 5.63. The molecule has 0 aromatic heterocycles. The summed E-state index contributed by atoms with van der Waals surface area (Å²) in [4.78, 5) is 0. The van der Waals surface area contributed by atoms with Crippen LogP contribution in [0.25, 0.3) is 0 Å². The van der Waals surface area contributed by atoms with Crippen LogP contribution in [0.1, 0.15) is 40.0 Å². The van der Waals surface area contributed by atoms with Gasteiger partial charge in [-0.25, -0.2) is 0 Å². The van der Waals surface area contributed by atoms with Gasteiger partial charge < -0.3 is 10.1 Å². The second-order valence-corrected chi connectivity index (χ2v) is 3.48. The van der Waals surface area contributed by atoms with Crippen LogP contribution in [0, 0.1) is 5.92 Å². The molecule has 2 nitrogen and oxygen atoms in total. The number of hydrogen-bond acceptors (Lipinski definition) is 2. The van der Waals surface area contributed by atoms with Crippen molar-refractivity contribution >= 4 is 0 Å². The molecule has 1 N–H and O–H groups in total. The summed E-state index contributed by atoms with van der Waals surface area (Å²) < 4.78 is 5.47. The zero-order valence-corrected chi connectivity index (χ0v) is 9.44. The molecule has 1 atom stereocenters. The van der Waals surface area contributed by atoms with E-state index in [0.717, 1.165) is 38.6 Å². The summed E-state index contributed by atoms with van der Waals surface area (Å²) in [6.45, 7) is 10.6. The maximum absolute atomic E-state index is 5.47. The van der Waals surface area contributed by atoms with Gasteiger partial charge in [0.1, 0.15) is 0 Å². The molecule has 0 aromatic carbocycles. The number of nitrogens with one attached hydrogen (secondary N) is 1. The van der Waals surface area contributed by atoms with Crippen LogP contribution >= 0.6 is 0 Å². The van der Waals surface area contributed by atoms with Crippen molar-refractivity contribution in [3.8, 4) is 0 Å². The van der Waals surface area contributed by atoms with Crippen LogP contribution in [-0.4, -0.2) is 26.3 Å². The van der Waals surface area contributed by atoms with Gasteiger partial charge in [-0.15, -0.1) is 0 Å². The predicted octanol–water partition coefficient (Wildman–Crippen LogP) is 2.44. The van der Waals surface area contributed by atoms with Gasteiger partial charge in [-0.2, -0.15) is 0 Å². The van der Waals surface area contributed by atoms with Crippen molar-refractivity contribution in [2.45, 2.75) is 40.0 Å². The fraction of sp³-hybridized carbons (Fsp3) is 1.00. The molecular formula is C11H25NO. The fourth-order valence-corrected chi connectivity index (χ4v) is 1.30. The minimum absolute atomic E-state index is 0.789. The lowest BCUT2D eigenvalue weighted by molar-refractivity contribution is 0.119. The topological polar surface area (TPSA) is 21.3 Å². The van der Waals surface area contributed by atoms with Crippen molar-refractivity contribution < 1.29 is 4.74 Å². The standard InChI is InChI=1S/C11H25NO/c1-4-8-13-9-7-11(5-2)10-12-6-3/h11-12H,4-10H2,1-3H3. The number of ether oxygens (including phenoxy) is 1. The SMILES string of the molecule is CCCOCCC(CC)CNCC. The molecule has 0 aliphatic heterocycles. The molecular weight excluding hydrogens is 162 g/mol. The average Bonchev–Trinajstić information content (AvgIpc) is 2.17. The fourth-order valence-electron chi connectivity index (χ4n) is 1.30. The number of hydrogen-bond donors (Lipinski definition) is 1. The molecule has 0 saturated carbocycles. The minimum atomic E-state index is 0.789. The second-order valence-electron chi connectivity index (χ2n) is 3.48. The van der Waals surface area contributed by atoms with Gasteiger partial charge in [-0.05, 0) is 31.8 Å². The van der Waals surface area contributed by atoms with Gasteiger partial charge in [-0.3, -0.25) is 0 Å². The Morgan fingerprint density at radius 2 is 1.92 bits per heavy atom. The Hall–Kier alpha value is -0.0800. The van der Waals surface area contributed by atoms with E-state index in [1.54, 1.807) is 0 Å². The van der Waals surface area contributed by atoms with Crippen LogP contribution < -0.4 is 5.32 Å². The van der Waals surface area contributed by atoms with E-state index < -0.39 is 0 Å². The van der Waals surface area contributed by atoms with E-state index in [0.29, 0.717) is 0 Å². The maximum atomic E-state index is 5.47. The lowest BCUT2D eigenvalue weighted by atomic mass is 10.0. The van der Waals surface area contributed by atoms with Crippen LogP contribution in [0.4, 0.5) is 0 Å². The van der Waals surface area contributed by atoms with Crippen LogP contribution in [0.5, 0.6) is 0 Å². The van der Waals surface area contributed by atoms with E-state index in [1.807, 2.05) is 0 Å². The molecule has 2 heteroatoms. The molecule has 0 amide bonds. The molecule has 0 aliphatic rings. The highest BCUT2D eigenvalue weighted by Crippen LogP contribution is 2.06. The van der Waals surface area contributed by atoms with Gasteiger partial charge in [0.25, 0.3) is 0 Å². The quantitative estimate of drug-likeness (QED) is 0.560. The first kappa shape index (κ1) is 12.9. The third kappa shape index (κ3) is 8.26. The smallest absolute Gasteiger partial charge is 0.0469 e. The summed E-state index contributed by atoms with van der Waals surface area (Å²) >= 11 is 0. The third-order valence-corrected chi connectivity index (χ3v) is 2.28. The van der Waals surface area contributed by atoms with Gasteiger partial charge >= 0.3 is 0 Å². The molecule has 1 unspecified atom stereocenters. The zero-order chi connectivity index (χ0) is 9.94. The van der Waals surface area contributed by atoms with Gasteiger partial charge in [0, 0.05) is 13.2 Å². The van der Waals surface area contributed by atoms with Gasteiger partial charge in [0.15, 0.2) is 0 Å². The van der Waals surface area contributed by atoms with E-state index in [1.165, 1.54) is 12.8 Å². The van der Waals surface area contributed by atoms with Crippen molar-refractivity contribution in [3.63, 3.8) is 0 Å². The van der Waals surface area contributed by atoms with Crippen LogP contribution in [0.2, 0.25) is 0 Å². The second kappa shape index (κ2) is 10.0. The van der Waals surface area contributed by atoms with Crippen molar-refractivity contribution in [3.05, 3.63) is 0 Å². The molecule has 0 heterocycles. The summed E-state index contributed by atoms with van der Waals surface area (Å²) in [6.07, 6.45) is 3.58. The van der Waals surface area contributed by atoms with Crippen molar-refractivity contribution in [2.24, 2.45) is 5.92 Å². The van der Waals surface area contributed by atoms with Crippen molar-refractivity contribution in [1.29, 1.82) is 0 Å². The largest absolute Gasteiger partial charge is 0.381 e. The highest BCUT2D eigenvalue weighted by atomic mass is 16.5. The van der Waals surface area contributed by atoms with E-state index in [4.69, 9.17) is 4.74 Å².